The van der Waals surface area contributed by atoms with Crippen LogP contribution in [0, 0.1) is 0 Å². The Hall–Kier alpha value is -1.41. The minimum absolute atomic E-state index is 0.280. The first-order valence-corrected chi connectivity index (χ1v) is 11.9. The summed E-state index contributed by atoms with van der Waals surface area (Å²) < 4.78 is 33.1. The summed E-state index contributed by atoms with van der Waals surface area (Å²) >= 11 is 1.84. The van der Waals surface area contributed by atoms with Crippen LogP contribution in [-0.4, -0.2) is 46.1 Å². The largest absolute Gasteiger partial charge is 0.494 e. The second-order valence-electron chi connectivity index (χ2n) is 6.85. The lowest BCUT2D eigenvalue weighted by molar-refractivity contribution is 0.217. The third kappa shape index (κ3) is 5.78. The molecule has 2 heterocycles. The van der Waals surface area contributed by atoms with Crippen LogP contribution in [0.3, 0.4) is 0 Å². The zero-order valence-corrected chi connectivity index (χ0v) is 17.4. The number of hydrogen-bond acceptors (Lipinski definition) is 5. The van der Waals surface area contributed by atoms with Gasteiger partial charge in [-0.2, -0.15) is 0 Å². The molecule has 3 rings (SSSR count). The molecule has 7 heteroatoms. The van der Waals surface area contributed by atoms with Crippen LogP contribution in [0.5, 0.6) is 5.75 Å². The van der Waals surface area contributed by atoms with E-state index < -0.39 is 10.0 Å². The number of nitrogens with zero attached hydrogens (tertiary/aromatic N) is 1. The number of piperidine rings is 1. The Kier molecular flexibility index (Phi) is 7.29. The van der Waals surface area contributed by atoms with E-state index >= 15 is 0 Å². The van der Waals surface area contributed by atoms with Crippen LogP contribution in [-0.2, 0) is 10.0 Å². The van der Waals surface area contributed by atoms with Gasteiger partial charge >= 0.3 is 0 Å². The van der Waals surface area contributed by atoms with Crippen LogP contribution < -0.4 is 9.46 Å². The molecule has 0 spiro atoms. The van der Waals surface area contributed by atoms with Crippen LogP contribution in [0.25, 0.3) is 0 Å². The highest BCUT2D eigenvalue weighted by Gasteiger charge is 2.21. The van der Waals surface area contributed by atoms with Gasteiger partial charge in [0.15, 0.2) is 0 Å². The van der Waals surface area contributed by atoms with Crippen LogP contribution in [0.4, 0.5) is 0 Å². The minimum Gasteiger partial charge on any atom is -0.494 e. The number of rotatable bonds is 9. The van der Waals surface area contributed by atoms with Crippen molar-refractivity contribution in [1.29, 1.82) is 0 Å². The van der Waals surface area contributed by atoms with E-state index in [1.54, 1.807) is 24.3 Å². The summed E-state index contributed by atoms with van der Waals surface area (Å²) in [7, 11) is -3.48. The van der Waals surface area contributed by atoms with E-state index in [1.165, 1.54) is 4.88 Å². The first kappa shape index (κ1) is 20.3. The zero-order chi connectivity index (χ0) is 19.1. The Balaban J connectivity index is 1.43. The molecule has 1 saturated heterocycles. The van der Waals surface area contributed by atoms with Crippen LogP contribution in [0.15, 0.2) is 46.7 Å². The van der Waals surface area contributed by atoms with Crippen molar-refractivity contribution in [2.75, 3.05) is 32.8 Å². The molecule has 0 radical (unpaired) electrons. The number of likely N-dealkylation sites (tertiary alicyclic amines) is 1. The standard InChI is InChI=1S/C20H28N2O3S2/c1-2-15-25-18-5-7-19(8-6-18)27(23,24)21-11-14-22-12-9-17(10-13-22)20-4-3-16-26-20/h3-8,16-17,21H,2,9-15H2,1H3. The molecule has 0 aliphatic carbocycles. The summed E-state index contributed by atoms with van der Waals surface area (Å²) in [5.74, 6) is 1.36. The van der Waals surface area contributed by atoms with Crippen LogP contribution in [0.2, 0.25) is 0 Å². The average Bonchev–Trinajstić information content (AvgIpc) is 3.22. The molecule has 0 bridgehead atoms. The summed E-state index contributed by atoms with van der Waals surface area (Å²) in [6.45, 7) is 5.89. The molecule has 1 N–H and O–H groups in total. The fourth-order valence-electron chi connectivity index (χ4n) is 3.32. The van der Waals surface area contributed by atoms with Gasteiger partial charge in [0.05, 0.1) is 11.5 Å². The summed E-state index contributed by atoms with van der Waals surface area (Å²) in [6.07, 6.45) is 3.21. The van der Waals surface area contributed by atoms with Gasteiger partial charge in [0.1, 0.15) is 5.75 Å². The molecule has 0 unspecified atom stereocenters. The molecule has 148 valence electrons. The minimum atomic E-state index is -3.48. The van der Waals surface area contributed by atoms with Gasteiger partial charge in [-0.3, -0.25) is 0 Å². The molecular weight excluding hydrogens is 380 g/mol. The number of benzene rings is 1. The van der Waals surface area contributed by atoms with Crippen molar-refractivity contribution < 1.29 is 13.2 Å². The molecule has 2 aromatic rings. The zero-order valence-electron chi connectivity index (χ0n) is 15.8. The average molecular weight is 409 g/mol. The fraction of sp³-hybridized carbons (Fsp3) is 0.500. The van der Waals surface area contributed by atoms with Gasteiger partial charge in [-0.05, 0) is 74.0 Å². The fourth-order valence-corrected chi connectivity index (χ4v) is 5.24. The van der Waals surface area contributed by atoms with E-state index in [9.17, 15) is 8.42 Å². The molecule has 5 nitrogen and oxygen atoms in total. The SMILES string of the molecule is CCCOc1ccc(S(=O)(=O)NCCN2CCC(c3cccs3)CC2)cc1. The number of sulfonamides is 1. The lowest BCUT2D eigenvalue weighted by Gasteiger charge is -2.31. The third-order valence-electron chi connectivity index (χ3n) is 4.86. The predicted octanol–water partition coefficient (Wildman–Crippen LogP) is 3.69. The van der Waals surface area contributed by atoms with Gasteiger partial charge in [0, 0.05) is 18.0 Å². The van der Waals surface area contributed by atoms with E-state index in [1.807, 2.05) is 18.3 Å². The first-order chi connectivity index (χ1) is 13.1. The Morgan fingerprint density at radius 2 is 1.93 bits per heavy atom. The van der Waals surface area contributed by atoms with Gasteiger partial charge in [-0.1, -0.05) is 13.0 Å². The number of thiophene rings is 1. The first-order valence-electron chi connectivity index (χ1n) is 9.57. The maximum absolute atomic E-state index is 12.4. The van der Waals surface area contributed by atoms with Gasteiger partial charge in [-0.15, -0.1) is 11.3 Å². The van der Waals surface area contributed by atoms with Gasteiger partial charge in [0.25, 0.3) is 0 Å². The summed E-state index contributed by atoms with van der Waals surface area (Å²) in [5.41, 5.74) is 0. The second-order valence-corrected chi connectivity index (χ2v) is 9.60. The smallest absolute Gasteiger partial charge is 0.240 e. The Labute approximate surface area is 166 Å². The highest BCUT2D eigenvalue weighted by molar-refractivity contribution is 7.89. The number of hydrogen-bond donors (Lipinski definition) is 1. The van der Waals surface area contributed by atoms with Crippen molar-refractivity contribution in [2.45, 2.75) is 37.0 Å². The maximum Gasteiger partial charge on any atom is 0.240 e. The molecule has 1 aromatic carbocycles. The summed E-state index contributed by atoms with van der Waals surface area (Å²) in [4.78, 5) is 4.10. The Bertz CT molecular complexity index is 781. The lowest BCUT2D eigenvalue weighted by atomic mass is 9.95. The van der Waals surface area contributed by atoms with E-state index in [2.05, 4.69) is 27.1 Å². The predicted molar refractivity (Wildman–Crippen MR) is 110 cm³/mol. The highest BCUT2D eigenvalue weighted by Crippen LogP contribution is 2.30. The van der Waals surface area contributed by atoms with Crippen molar-refractivity contribution in [2.24, 2.45) is 0 Å². The molecule has 1 fully saturated rings. The van der Waals surface area contributed by atoms with E-state index in [-0.39, 0.29) is 4.90 Å². The molecule has 0 atom stereocenters. The van der Waals surface area contributed by atoms with Crippen molar-refractivity contribution in [1.82, 2.24) is 9.62 Å². The highest BCUT2D eigenvalue weighted by atomic mass is 32.2. The number of ether oxygens (including phenoxy) is 1. The second kappa shape index (κ2) is 9.68. The molecule has 0 saturated carbocycles. The van der Waals surface area contributed by atoms with E-state index in [0.717, 1.165) is 38.9 Å². The van der Waals surface area contributed by atoms with Crippen LogP contribution in [0.1, 0.15) is 37.0 Å². The molecule has 1 aliphatic heterocycles. The van der Waals surface area contributed by atoms with E-state index in [0.29, 0.717) is 24.8 Å². The van der Waals surface area contributed by atoms with E-state index in [4.69, 9.17) is 4.74 Å². The monoisotopic (exact) mass is 408 g/mol. The van der Waals surface area contributed by atoms with Crippen molar-refractivity contribution in [3.8, 4) is 5.75 Å². The van der Waals surface area contributed by atoms with Gasteiger partial charge in [0.2, 0.25) is 10.0 Å². The summed E-state index contributed by atoms with van der Waals surface area (Å²) in [5, 5.41) is 2.14. The van der Waals surface area contributed by atoms with Gasteiger partial charge in [-0.25, -0.2) is 13.1 Å². The van der Waals surface area contributed by atoms with Crippen LogP contribution >= 0.6 is 11.3 Å². The van der Waals surface area contributed by atoms with Crippen molar-refractivity contribution in [3.05, 3.63) is 46.7 Å². The topological polar surface area (TPSA) is 58.6 Å². The third-order valence-corrected chi connectivity index (χ3v) is 7.37. The number of nitrogens with one attached hydrogen (secondary N) is 1. The summed E-state index contributed by atoms with van der Waals surface area (Å²) in [6, 6.07) is 10.9. The molecule has 0 amide bonds. The molecule has 1 aromatic heterocycles. The lowest BCUT2D eigenvalue weighted by Crippen LogP contribution is -2.39. The molecule has 27 heavy (non-hydrogen) atoms. The van der Waals surface area contributed by atoms with Crippen molar-refractivity contribution in [3.63, 3.8) is 0 Å². The van der Waals surface area contributed by atoms with Gasteiger partial charge < -0.3 is 9.64 Å². The normalized spacial score (nSPS) is 16.5. The molecule has 1 aliphatic rings. The quantitative estimate of drug-likeness (QED) is 0.687. The maximum atomic E-state index is 12.4. The Morgan fingerprint density at radius 1 is 1.19 bits per heavy atom. The Morgan fingerprint density at radius 3 is 2.56 bits per heavy atom. The molecular formula is C20H28N2O3S2. The van der Waals surface area contributed by atoms with Crippen molar-refractivity contribution >= 4 is 21.4 Å².